The minimum absolute atomic E-state index is 0.0226. The second-order valence-electron chi connectivity index (χ2n) is 6.32. The molecule has 4 N–H and O–H groups in total. The maximum absolute atomic E-state index is 11.8. The minimum atomic E-state index is -1.27. The molecule has 24 heavy (non-hydrogen) atoms. The topological polar surface area (TPSA) is 133 Å². The molecule has 0 fully saturated rings. The lowest BCUT2D eigenvalue weighted by Crippen LogP contribution is -2.51. The highest BCUT2D eigenvalue weighted by Crippen LogP contribution is 2.10. The average molecular weight is 344 g/mol. The number of Topliss-reactive ketones (excluding diaryl/α,β-unsaturated/α-hetero) is 1. The number of rotatable bonds is 12. The Morgan fingerprint density at radius 2 is 1.29 bits per heavy atom. The minimum Gasteiger partial charge on any atom is -0.480 e. The third kappa shape index (κ3) is 10.6. The zero-order chi connectivity index (χ0) is 18.7. The normalized spacial score (nSPS) is 13.2. The standard InChI is InChI=1S/C16H28N2O6/c1-10(2)6-4-5-7-12(14(20)21)17-16(24)18-13(15(22)23)9-8-11(3)19/h10,12-13H,4-9H2,1-3H3,(H,20,21)(H,22,23)(H2,17,18,24). The van der Waals surface area contributed by atoms with E-state index in [-0.39, 0.29) is 25.0 Å². The number of amides is 2. The van der Waals surface area contributed by atoms with Gasteiger partial charge in [0.25, 0.3) is 0 Å². The summed E-state index contributed by atoms with van der Waals surface area (Å²) in [6, 6.07) is -3.16. The predicted molar refractivity (Wildman–Crippen MR) is 87.7 cm³/mol. The summed E-state index contributed by atoms with van der Waals surface area (Å²) in [4.78, 5) is 45.0. The number of hydrogen-bond donors (Lipinski definition) is 4. The van der Waals surface area contributed by atoms with Gasteiger partial charge in [-0.1, -0.05) is 33.1 Å². The van der Waals surface area contributed by atoms with Gasteiger partial charge in [0.2, 0.25) is 0 Å². The van der Waals surface area contributed by atoms with Gasteiger partial charge in [-0.3, -0.25) is 0 Å². The molecule has 0 saturated carbocycles. The lowest BCUT2D eigenvalue weighted by molar-refractivity contribution is -0.139. The second kappa shape index (κ2) is 11.4. The van der Waals surface area contributed by atoms with Crippen LogP contribution in [0.5, 0.6) is 0 Å². The van der Waals surface area contributed by atoms with Gasteiger partial charge in [0, 0.05) is 6.42 Å². The van der Waals surface area contributed by atoms with Gasteiger partial charge >= 0.3 is 18.0 Å². The Bertz CT molecular complexity index is 450. The zero-order valence-corrected chi connectivity index (χ0v) is 14.5. The van der Waals surface area contributed by atoms with Crippen LogP contribution in [-0.2, 0) is 14.4 Å². The molecule has 0 spiro atoms. The van der Waals surface area contributed by atoms with E-state index in [2.05, 4.69) is 24.5 Å². The number of urea groups is 1. The Labute approximate surface area is 142 Å². The fourth-order valence-electron chi connectivity index (χ4n) is 2.12. The summed E-state index contributed by atoms with van der Waals surface area (Å²) >= 11 is 0. The predicted octanol–water partition coefficient (Wildman–Crippen LogP) is 1.78. The van der Waals surface area contributed by atoms with E-state index < -0.39 is 30.1 Å². The first kappa shape index (κ1) is 21.9. The highest BCUT2D eigenvalue weighted by Gasteiger charge is 2.24. The van der Waals surface area contributed by atoms with Crippen LogP contribution in [0.4, 0.5) is 4.79 Å². The van der Waals surface area contributed by atoms with E-state index >= 15 is 0 Å². The second-order valence-corrected chi connectivity index (χ2v) is 6.32. The van der Waals surface area contributed by atoms with Crippen LogP contribution in [-0.4, -0.2) is 46.0 Å². The molecule has 2 amide bonds. The van der Waals surface area contributed by atoms with Crippen molar-refractivity contribution in [1.29, 1.82) is 0 Å². The Balaban J connectivity index is 4.45. The number of ketones is 1. The highest BCUT2D eigenvalue weighted by atomic mass is 16.4. The maximum Gasteiger partial charge on any atom is 0.326 e. The summed E-state index contributed by atoms with van der Waals surface area (Å²) in [6.07, 6.45) is 2.76. The summed E-state index contributed by atoms with van der Waals surface area (Å²) in [6.45, 7) is 5.48. The van der Waals surface area contributed by atoms with Crippen LogP contribution in [0.2, 0.25) is 0 Å². The van der Waals surface area contributed by atoms with Crippen molar-refractivity contribution in [2.24, 2.45) is 5.92 Å². The Morgan fingerprint density at radius 1 is 0.833 bits per heavy atom. The van der Waals surface area contributed by atoms with Gasteiger partial charge in [0.1, 0.15) is 17.9 Å². The number of aliphatic carboxylic acids is 2. The molecule has 8 heteroatoms. The fraction of sp³-hybridized carbons (Fsp3) is 0.750. The number of hydrogen-bond acceptors (Lipinski definition) is 4. The van der Waals surface area contributed by atoms with Gasteiger partial charge in [-0.2, -0.15) is 0 Å². The van der Waals surface area contributed by atoms with Crippen molar-refractivity contribution >= 4 is 23.8 Å². The maximum atomic E-state index is 11.8. The molecular formula is C16H28N2O6. The number of nitrogens with one attached hydrogen (secondary N) is 2. The van der Waals surface area contributed by atoms with E-state index in [4.69, 9.17) is 10.2 Å². The van der Waals surface area contributed by atoms with E-state index in [0.29, 0.717) is 12.3 Å². The van der Waals surface area contributed by atoms with Crippen LogP contribution in [0.1, 0.15) is 59.3 Å². The summed E-state index contributed by atoms with van der Waals surface area (Å²) < 4.78 is 0. The van der Waals surface area contributed by atoms with Crippen molar-refractivity contribution in [2.45, 2.75) is 71.4 Å². The molecule has 138 valence electrons. The SMILES string of the molecule is CC(=O)CCC(NC(=O)NC(CCCCC(C)C)C(=O)O)C(=O)O. The van der Waals surface area contributed by atoms with Gasteiger partial charge in [0.05, 0.1) is 0 Å². The monoisotopic (exact) mass is 344 g/mol. The largest absolute Gasteiger partial charge is 0.480 e. The Morgan fingerprint density at radius 3 is 1.71 bits per heavy atom. The van der Waals surface area contributed by atoms with E-state index in [1.165, 1.54) is 6.92 Å². The first-order valence-corrected chi connectivity index (χ1v) is 8.15. The van der Waals surface area contributed by atoms with Gasteiger partial charge in [-0.25, -0.2) is 14.4 Å². The van der Waals surface area contributed by atoms with Crippen LogP contribution >= 0.6 is 0 Å². The third-order valence-corrected chi connectivity index (χ3v) is 3.52. The molecule has 0 aliphatic rings. The Hall–Kier alpha value is -2.12. The molecule has 2 atom stereocenters. The molecule has 0 rings (SSSR count). The Kier molecular flexibility index (Phi) is 10.4. The van der Waals surface area contributed by atoms with Gasteiger partial charge < -0.3 is 25.6 Å². The average Bonchev–Trinajstić information content (AvgIpc) is 2.45. The molecule has 0 aromatic carbocycles. The molecule has 0 aromatic heterocycles. The first-order valence-electron chi connectivity index (χ1n) is 8.15. The quantitative estimate of drug-likeness (QED) is 0.399. The number of unbranched alkanes of at least 4 members (excludes halogenated alkanes) is 1. The number of carboxylic acids is 2. The van der Waals surface area contributed by atoms with Crippen molar-refractivity contribution in [3.63, 3.8) is 0 Å². The number of carboxylic acid groups (broad SMARTS) is 2. The molecule has 0 saturated heterocycles. The smallest absolute Gasteiger partial charge is 0.326 e. The lowest BCUT2D eigenvalue weighted by Gasteiger charge is -2.18. The number of carbonyl (C=O) groups excluding carboxylic acids is 2. The van der Waals surface area contributed by atoms with Crippen LogP contribution in [0.3, 0.4) is 0 Å². The van der Waals surface area contributed by atoms with E-state index in [9.17, 15) is 19.2 Å². The van der Waals surface area contributed by atoms with E-state index in [1.807, 2.05) is 0 Å². The van der Waals surface area contributed by atoms with Crippen molar-refractivity contribution in [2.75, 3.05) is 0 Å². The molecular weight excluding hydrogens is 316 g/mol. The van der Waals surface area contributed by atoms with Crippen LogP contribution in [0.25, 0.3) is 0 Å². The van der Waals surface area contributed by atoms with Gasteiger partial charge in [-0.15, -0.1) is 0 Å². The van der Waals surface area contributed by atoms with Crippen molar-refractivity contribution in [3.8, 4) is 0 Å². The molecule has 0 aliphatic carbocycles. The molecule has 8 nitrogen and oxygen atoms in total. The van der Waals surface area contributed by atoms with Gasteiger partial charge in [0.15, 0.2) is 0 Å². The summed E-state index contributed by atoms with van der Waals surface area (Å²) in [7, 11) is 0. The van der Waals surface area contributed by atoms with Crippen LogP contribution in [0, 0.1) is 5.92 Å². The molecule has 0 heterocycles. The molecule has 0 radical (unpaired) electrons. The van der Waals surface area contributed by atoms with E-state index in [1.54, 1.807) is 0 Å². The molecule has 2 unspecified atom stereocenters. The van der Waals surface area contributed by atoms with Crippen molar-refractivity contribution < 1.29 is 29.4 Å². The summed E-state index contributed by atoms with van der Waals surface area (Å²) in [5, 5.41) is 22.7. The molecule has 0 aromatic rings. The lowest BCUT2D eigenvalue weighted by atomic mass is 10.0. The van der Waals surface area contributed by atoms with Gasteiger partial charge in [-0.05, 0) is 25.7 Å². The number of carbonyl (C=O) groups is 4. The van der Waals surface area contributed by atoms with Crippen LogP contribution < -0.4 is 10.6 Å². The first-order chi connectivity index (χ1) is 11.1. The van der Waals surface area contributed by atoms with E-state index in [0.717, 1.165) is 12.8 Å². The molecule has 0 bridgehead atoms. The fourth-order valence-corrected chi connectivity index (χ4v) is 2.12. The zero-order valence-electron chi connectivity index (χ0n) is 14.5. The highest BCUT2D eigenvalue weighted by molar-refractivity contribution is 5.86. The molecule has 0 aliphatic heterocycles. The van der Waals surface area contributed by atoms with Crippen molar-refractivity contribution in [1.82, 2.24) is 10.6 Å². The van der Waals surface area contributed by atoms with Crippen LogP contribution in [0.15, 0.2) is 0 Å². The summed E-state index contributed by atoms with van der Waals surface area (Å²) in [5.41, 5.74) is 0. The summed E-state index contributed by atoms with van der Waals surface area (Å²) in [5.74, 6) is -2.08. The van der Waals surface area contributed by atoms with Crippen molar-refractivity contribution in [3.05, 3.63) is 0 Å². The third-order valence-electron chi connectivity index (χ3n) is 3.52.